The van der Waals surface area contributed by atoms with Gasteiger partial charge in [-0.1, -0.05) is 41.5 Å². The Morgan fingerprint density at radius 2 is 1.94 bits per heavy atom. The highest BCUT2D eigenvalue weighted by molar-refractivity contribution is 7.66. The van der Waals surface area contributed by atoms with Crippen LogP contribution >= 0.6 is 7.52 Å². The van der Waals surface area contributed by atoms with Gasteiger partial charge in [0.25, 0.3) is 5.91 Å². The average molecular weight is 449 g/mol. The summed E-state index contributed by atoms with van der Waals surface area (Å²) in [7, 11) is -3.64. The number of carbonyl (C=O) groups excluding carboxylic acids is 1. The first-order valence-electron chi connectivity index (χ1n) is 10.6. The Labute approximate surface area is 184 Å². The molecule has 1 amide bonds. The second kappa shape index (κ2) is 8.06. The molecule has 2 N–H and O–H groups in total. The highest BCUT2D eigenvalue weighted by Gasteiger charge is 2.48. The number of nitrogens with zero attached hydrogens (tertiary/aromatic N) is 3. The maximum absolute atomic E-state index is 13.5. The SMILES string of the molecule is CCOP1(=O)N=C(C2=C(O)[C@H](C(C)(C)C)N(CCC(C)(C)C)C2=O)Nc2ncccc21. The van der Waals surface area contributed by atoms with Gasteiger partial charge in [0, 0.05) is 12.7 Å². The van der Waals surface area contributed by atoms with E-state index in [0.29, 0.717) is 17.7 Å². The Balaban J connectivity index is 2.08. The van der Waals surface area contributed by atoms with Crippen LogP contribution in [0, 0.1) is 10.8 Å². The standard InChI is InChI=1S/C22H33N4O4P/c1-8-30-31(29)14-10-9-12-23-18(14)24-19(25-31)15-16(27)17(22(5,6)7)26(20(15)28)13-11-21(2,3)4/h9-10,12,17,27H,8,11,13H2,1-7H3,(H,23,24,25,29)/t17-,31?/m1/s1. The molecule has 0 radical (unpaired) electrons. The second-order valence-corrected chi connectivity index (χ2v) is 12.2. The number of anilines is 1. The minimum absolute atomic E-state index is 0.0230. The van der Waals surface area contributed by atoms with E-state index in [2.05, 4.69) is 35.8 Å². The first kappa shape index (κ1) is 23.5. The lowest BCUT2D eigenvalue weighted by molar-refractivity contribution is -0.128. The lowest BCUT2D eigenvalue weighted by Crippen LogP contribution is -2.45. The summed E-state index contributed by atoms with van der Waals surface area (Å²) in [6.07, 6.45) is 2.33. The smallest absolute Gasteiger partial charge is 0.350 e. The average Bonchev–Trinajstić information content (AvgIpc) is 2.89. The van der Waals surface area contributed by atoms with Crippen molar-refractivity contribution in [2.45, 2.75) is 60.9 Å². The van der Waals surface area contributed by atoms with Gasteiger partial charge in [0.1, 0.15) is 22.5 Å². The molecule has 3 rings (SSSR count). The van der Waals surface area contributed by atoms with E-state index >= 15 is 0 Å². The summed E-state index contributed by atoms with van der Waals surface area (Å²) in [6, 6.07) is 2.79. The Hall–Kier alpha value is -2.18. The van der Waals surface area contributed by atoms with Gasteiger partial charge in [0.2, 0.25) is 0 Å². The minimum atomic E-state index is -3.64. The number of carbonyl (C=O) groups is 1. The number of amidine groups is 1. The Morgan fingerprint density at radius 3 is 2.52 bits per heavy atom. The highest BCUT2D eigenvalue weighted by atomic mass is 31.2. The number of aliphatic hydroxyl groups excluding tert-OH is 1. The number of hydrogen-bond acceptors (Lipinski definition) is 6. The summed E-state index contributed by atoms with van der Waals surface area (Å²) < 4.78 is 23.4. The first-order chi connectivity index (χ1) is 14.3. The number of rotatable bonds is 5. The van der Waals surface area contributed by atoms with E-state index in [1.54, 1.807) is 30.2 Å². The van der Waals surface area contributed by atoms with Crippen molar-refractivity contribution in [1.29, 1.82) is 0 Å². The second-order valence-electron chi connectivity index (χ2n) is 10.2. The molecular weight excluding hydrogens is 415 g/mol. The fourth-order valence-corrected chi connectivity index (χ4v) is 5.59. The molecule has 2 aliphatic heterocycles. The Bertz CT molecular complexity index is 988. The zero-order chi connectivity index (χ0) is 23.2. The van der Waals surface area contributed by atoms with Crippen LogP contribution in [-0.4, -0.2) is 45.9 Å². The Kier molecular flexibility index (Phi) is 6.11. The summed E-state index contributed by atoms with van der Waals surface area (Å²) in [6.45, 7) is 14.7. The van der Waals surface area contributed by atoms with Gasteiger partial charge in [-0.2, -0.15) is 4.76 Å². The fourth-order valence-electron chi connectivity index (χ4n) is 3.87. The van der Waals surface area contributed by atoms with Crippen LogP contribution in [0.2, 0.25) is 0 Å². The van der Waals surface area contributed by atoms with Crippen LogP contribution in [0.1, 0.15) is 54.9 Å². The van der Waals surface area contributed by atoms with Gasteiger partial charge in [-0.3, -0.25) is 9.36 Å². The summed E-state index contributed by atoms with van der Waals surface area (Å²) in [5.74, 6) is -0.0498. The van der Waals surface area contributed by atoms with Crippen LogP contribution in [0.15, 0.2) is 34.4 Å². The predicted octanol–water partition coefficient (Wildman–Crippen LogP) is 4.27. The van der Waals surface area contributed by atoms with Gasteiger partial charge in [0.15, 0.2) is 5.84 Å². The number of fused-ring (bicyclic) bond motifs is 1. The lowest BCUT2D eigenvalue weighted by Gasteiger charge is -2.36. The van der Waals surface area contributed by atoms with Gasteiger partial charge in [0.05, 0.1) is 12.6 Å². The van der Waals surface area contributed by atoms with E-state index in [1.165, 1.54) is 0 Å². The summed E-state index contributed by atoms with van der Waals surface area (Å²) in [5, 5.41) is 14.5. The third-order valence-corrected chi connectivity index (χ3v) is 7.37. The molecule has 1 aromatic rings. The van der Waals surface area contributed by atoms with Crippen LogP contribution < -0.4 is 10.6 Å². The summed E-state index contributed by atoms with van der Waals surface area (Å²) in [4.78, 5) is 19.5. The van der Waals surface area contributed by atoms with E-state index in [-0.39, 0.29) is 35.1 Å². The molecule has 0 saturated heterocycles. The van der Waals surface area contributed by atoms with E-state index in [0.717, 1.165) is 6.42 Å². The normalized spacial score (nSPS) is 24.2. The first-order valence-corrected chi connectivity index (χ1v) is 12.2. The number of aromatic nitrogens is 1. The van der Waals surface area contributed by atoms with Crippen molar-refractivity contribution in [3.63, 3.8) is 0 Å². The molecule has 8 nitrogen and oxygen atoms in total. The van der Waals surface area contributed by atoms with Crippen LogP contribution in [0.5, 0.6) is 0 Å². The van der Waals surface area contributed by atoms with E-state index in [1.807, 2.05) is 20.8 Å². The molecule has 0 spiro atoms. The molecule has 0 aliphatic carbocycles. The fraction of sp³-hybridized carbons (Fsp3) is 0.591. The van der Waals surface area contributed by atoms with E-state index in [9.17, 15) is 14.5 Å². The van der Waals surface area contributed by atoms with Crippen molar-refractivity contribution in [2.24, 2.45) is 15.6 Å². The van der Waals surface area contributed by atoms with Gasteiger partial charge in [-0.15, -0.1) is 0 Å². The lowest BCUT2D eigenvalue weighted by atomic mass is 9.84. The largest absolute Gasteiger partial charge is 0.509 e. The van der Waals surface area contributed by atoms with Crippen molar-refractivity contribution in [1.82, 2.24) is 9.88 Å². The van der Waals surface area contributed by atoms with Crippen molar-refractivity contribution in [3.05, 3.63) is 29.7 Å². The predicted molar refractivity (Wildman–Crippen MR) is 123 cm³/mol. The molecule has 0 bridgehead atoms. The van der Waals surface area contributed by atoms with E-state index < -0.39 is 19.0 Å². The topological polar surface area (TPSA) is 104 Å². The molecule has 2 atom stereocenters. The summed E-state index contributed by atoms with van der Waals surface area (Å²) >= 11 is 0. The van der Waals surface area contributed by atoms with Gasteiger partial charge >= 0.3 is 7.52 Å². The van der Waals surface area contributed by atoms with Crippen molar-refractivity contribution in [2.75, 3.05) is 18.5 Å². The molecule has 0 saturated carbocycles. The van der Waals surface area contributed by atoms with Crippen molar-refractivity contribution < 1.29 is 19.0 Å². The number of hydrogen-bond donors (Lipinski definition) is 2. The highest BCUT2D eigenvalue weighted by Crippen LogP contribution is 2.52. The monoisotopic (exact) mass is 448 g/mol. The van der Waals surface area contributed by atoms with Crippen LogP contribution in [0.25, 0.3) is 0 Å². The number of aliphatic hydroxyl groups is 1. The molecule has 2 aliphatic rings. The molecule has 3 heterocycles. The zero-order valence-electron chi connectivity index (χ0n) is 19.4. The van der Waals surface area contributed by atoms with E-state index in [4.69, 9.17) is 4.52 Å². The van der Waals surface area contributed by atoms with Crippen molar-refractivity contribution >= 4 is 30.4 Å². The van der Waals surface area contributed by atoms with Gasteiger partial charge in [-0.25, -0.2) is 4.98 Å². The number of amides is 1. The van der Waals surface area contributed by atoms with Gasteiger partial charge < -0.3 is 19.8 Å². The molecule has 0 aromatic carbocycles. The van der Waals surface area contributed by atoms with Crippen LogP contribution in [0.3, 0.4) is 0 Å². The third-order valence-electron chi connectivity index (χ3n) is 5.32. The van der Waals surface area contributed by atoms with Crippen molar-refractivity contribution in [3.8, 4) is 0 Å². The summed E-state index contributed by atoms with van der Waals surface area (Å²) in [5.41, 5.74) is -0.353. The molecule has 170 valence electrons. The van der Waals surface area contributed by atoms with Crippen LogP contribution in [0.4, 0.5) is 5.82 Å². The molecule has 1 unspecified atom stereocenters. The number of pyridine rings is 1. The number of nitrogens with one attached hydrogen (secondary N) is 1. The molecule has 0 fully saturated rings. The maximum Gasteiger partial charge on any atom is 0.350 e. The molecule has 31 heavy (non-hydrogen) atoms. The zero-order valence-corrected chi connectivity index (χ0v) is 20.3. The molecule has 1 aromatic heterocycles. The third kappa shape index (κ3) is 4.55. The molecular formula is C22H33N4O4P. The Morgan fingerprint density at radius 1 is 1.26 bits per heavy atom. The van der Waals surface area contributed by atoms with Crippen LogP contribution in [-0.2, 0) is 13.9 Å². The molecule has 9 heteroatoms. The van der Waals surface area contributed by atoms with Gasteiger partial charge in [-0.05, 0) is 36.3 Å². The maximum atomic E-state index is 13.5. The minimum Gasteiger partial charge on any atom is -0.509 e. The quantitative estimate of drug-likeness (QED) is 0.652.